The van der Waals surface area contributed by atoms with Crippen molar-refractivity contribution < 1.29 is 14.3 Å². The van der Waals surface area contributed by atoms with Gasteiger partial charge in [0.2, 0.25) is 0 Å². The average Bonchev–Trinajstić information content (AvgIpc) is 2.77. The van der Waals surface area contributed by atoms with Crippen molar-refractivity contribution in [3.63, 3.8) is 0 Å². The number of carboxylic acids is 1. The molecule has 0 unspecified atom stereocenters. The number of rotatable bonds is 4. The van der Waals surface area contributed by atoms with Crippen molar-refractivity contribution in [3.8, 4) is 0 Å². The molecule has 7 nitrogen and oxygen atoms in total. The van der Waals surface area contributed by atoms with Gasteiger partial charge >= 0.3 is 5.97 Å². The summed E-state index contributed by atoms with van der Waals surface area (Å²) in [6, 6.07) is 0. The molecule has 0 aromatic carbocycles. The number of hydrogen-bond donors (Lipinski definition) is 1. The van der Waals surface area contributed by atoms with Crippen LogP contribution < -0.4 is 0 Å². The molecule has 0 bridgehead atoms. The van der Waals surface area contributed by atoms with Crippen molar-refractivity contribution in [1.82, 2.24) is 20.0 Å². The Kier molecular flexibility index (Phi) is 2.67. The van der Waals surface area contributed by atoms with Gasteiger partial charge in [0.25, 0.3) is 0 Å². The zero-order valence-corrected chi connectivity index (χ0v) is 8.62. The molecule has 1 N–H and O–H groups in total. The van der Waals surface area contributed by atoms with E-state index >= 15 is 0 Å². The van der Waals surface area contributed by atoms with Crippen LogP contribution in [0.1, 0.15) is 17.1 Å². The molecule has 2 aromatic rings. The lowest BCUT2D eigenvalue weighted by atomic mass is 10.3. The summed E-state index contributed by atoms with van der Waals surface area (Å²) < 4.78 is 6.57. The van der Waals surface area contributed by atoms with Crippen LogP contribution in [0, 0.1) is 6.92 Å². The average molecular weight is 222 g/mol. The molecule has 2 aromatic heterocycles. The van der Waals surface area contributed by atoms with E-state index in [2.05, 4.69) is 15.3 Å². The fourth-order valence-corrected chi connectivity index (χ4v) is 1.29. The van der Waals surface area contributed by atoms with Crippen LogP contribution in [-0.4, -0.2) is 31.1 Å². The third-order valence-electron chi connectivity index (χ3n) is 2.07. The number of aryl methyl sites for hydroxylation is 1. The number of aromatic nitrogens is 4. The molecule has 0 aliphatic rings. The number of carbonyl (C=O) groups is 1. The summed E-state index contributed by atoms with van der Waals surface area (Å²) in [5.41, 5.74) is 1.18. The van der Waals surface area contributed by atoms with Crippen LogP contribution in [0.4, 0.5) is 0 Å². The highest BCUT2D eigenvalue weighted by Crippen LogP contribution is 2.06. The minimum atomic E-state index is -0.926. The van der Waals surface area contributed by atoms with Crippen LogP contribution in [0.3, 0.4) is 0 Å². The van der Waals surface area contributed by atoms with Gasteiger partial charge in [-0.2, -0.15) is 0 Å². The van der Waals surface area contributed by atoms with Gasteiger partial charge in [0.05, 0.1) is 18.7 Å². The highest BCUT2D eigenvalue weighted by atomic mass is 16.4. The molecule has 0 aliphatic carbocycles. The fourth-order valence-electron chi connectivity index (χ4n) is 1.29. The van der Waals surface area contributed by atoms with Gasteiger partial charge in [-0.1, -0.05) is 5.21 Å². The number of oxazole rings is 1. The Bertz CT molecular complexity index is 502. The minimum Gasteiger partial charge on any atom is -0.481 e. The van der Waals surface area contributed by atoms with Gasteiger partial charge in [-0.3, -0.25) is 4.79 Å². The van der Waals surface area contributed by atoms with Crippen LogP contribution in [0.5, 0.6) is 0 Å². The first kappa shape index (κ1) is 10.3. The van der Waals surface area contributed by atoms with E-state index in [1.54, 1.807) is 13.1 Å². The highest BCUT2D eigenvalue weighted by Gasteiger charge is 2.08. The zero-order chi connectivity index (χ0) is 11.5. The quantitative estimate of drug-likeness (QED) is 0.796. The second-order valence-electron chi connectivity index (χ2n) is 3.33. The lowest BCUT2D eigenvalue weighted by Gasteiger charge is -1.95. The lowest BCUT2D eigenvalue weighted by molar-refractivity contribution is -0.136. The molecule has 7 heteroatoms. The third kappa shape index (κ3) is 2.25. The van der Waals surface area contributed by atoms with Crippen molar-refractivity contribution in [1.29, 1.82) is 0 Å². The fraction of sp³-hybridized carbons (Fsp3) is 0.333. The molecule has 2 heterocycles. The molecule has 0 radical (unpaired) electrons. The Morgan fingerprint density at radius 1 is 1.62 bits per heavy atom. The summed E-state index contributed by atoms with van der Waals surface area (Å²) in [6.07, 6.45) is 2.82. The maximum absolute atomic E-state index is 10.4. The van der Waals surface area contributed by atoms with Crippen LogP contribution in [0.15, 0.2) is 17.0 Å². The van der Waals surface area contributed by atoms with Gasteiger partial charge in [0.1, 0.15) is 11.5 Å². The molecule has 2 rings (SSSR count). The van der Waals surface area contributed by atoms with Gasteiger partial charge in [-0.25, -0.2) is 9.67 Å². The minimum absolute atomic E-state index is 0.127. The first-order valence-corrected chi connectivity index (χ1v) is 4.65. The Hall–Kier alpha value is -2.18. The highest BCUT2D eigenvalue weighted by molar-refractivity contribution is 5.69. The smallest absolute Gasteiger partial charge is 0.309 e. The van der Waals surface area contributed by atoms with E-state index in [9.17, 15) is 4.79 Å². The molecule has 0 spiro atoms. The predicted octanol–water partition coefficient (Wildman–Crippen LogP) is 0.250. The second kappa shape index (κ2) is 4.13. The van der Waals surface area contributed by atoms with Crippen molar-refractivity contribution >= 4 is 5.97 Å². The molecule has 0 atom stereocenters. The van der Waals surface area contributed by atoms with Crippen LogP contribution >= 0.6 is 0 Å². The molecular formula is C9H10N4O3. The largest absolute Gasteiger partial charge is 0.481 e. The summed E-state index contributed by atoms with van der Waals surface area (Å²) in [4.78, 5) is 14.5. The van der Waals surface area contributed by atoms with Crippen LogP contribution in [-0.2, 0) is 17.8 Å². The molecule has 0 amide bonds. The Balaban J connectivity index is 2.08. The molecule has 0 saturated carbocycles. The standard InChI is InChI=1S/C9H10N4O3/c1-6-8(10-5-16-6)4-13-3-7(11-12-13)2-9(14)15/h3,5H,2,4H2,1H3,(H,14,15). The van der Waals surface area contributed by atoms with Crippen molar-refractivity contribution in [2.45, 2.75) is 19.9 Å². The van der Waals surface area contributed by atoms with Gasteiger partial charge in [-0.05, 0) is 6.92 Å². The van der Waals surface area contributed by atoms with E-state index < -0.39 is 5.97 Å². The van der Waals surface area contributed by atoms with Gasteiger partial charge in [0, 0.05) is 6.20 Å². The third-order valence-corrected chi connectivity index (χ3v) is 2.07. The Labute approximate surface area is 90.7 Å². The summed E-state index contributed by atoms with van der Waals surface area (Å²) in [7, 11) is 0. The number of carboxylic acid groups (broad SMARTS) is 1. The van der Waals surface area contributed by atoms with Gasteiger partial charge in [0.15, 0.2) is 6.39 Å². The van der Waals surface area contributed by atoms with E-state index in [-0.39, 0.29) is 6.42 Å². The maximum Gasteiger partial charge on any atom is 0.309 e. The first-order chi connectivity index (χ1) is 7.65. The second-order valence-corrected chi connectivity index (χ2v) is 3.33. The first-order valence-electron chi connectivity index (χ1n) is 4.65. The van der Waals surface area contributed by atoms with Crippen molar-refractivity contribution in [2.24, 2.45) is 0 Å². The Morgan fingerprint density at radius 2 is 2.44 bits per heavy atom. The number of nitrogens with zero attached hydrogens (tertiary/aromatic N) is 4. The maximum atomic E-state index is 10.4. The topological polar surface area (TPSA) is 94.0 Å². The van der Waals surface area contributed by atoms with E-state index in [1.165, 1.54) is 11.1 Å². The molecule has 0 fully saturated rings. The van der Waals surface area contributed by atoms with Crippen molar-refractivity contribution in [3.05, 3.63) is 29.7 Å². The van der Waals surface area contributed by atoms with E-state index in [0.29, 0.717) is 12.2 Å². The zero-order valence-electron chi connectivity index (χ0n) is 8.62. The van der Waals surface area contributed by atoms with Crippen molar-refractivity contribution in [2.75, 3.05) is 0 Å². The van der Waals surface area contributed by atoms with Gasteiger partial charge in [-0.15, -0.1) is 5.10 Å². The van der Waals surface area contributed by atoms with E-state index in [0.717, 1.165) is 11.5 Å². The molecule has 0 saturated heterocycles. The monoisotopic (exact) mass is 222 g/mol. The summed E-state index contributed by atoms with van der Waals surface area (Å²) >= 11 is 0. The molecule has 16 heavy (non-hydrogen) atoms. The van der Waals surface area contributed by atoms with Crippen LogP contribution in [0.2, 0.25) is 0 Å². The molecule has 0 aliphatic heterocycles. The van der Waals surface area contributed by atoms with E-state index in [1.807, 2.05) is 0 Å². The summed E-state index contributed by atoms with van der Waals surface area (Å²) in [5.74, 6) is -0.208. The van der Waals surface area contributed by atoms with Gasteiger partial charge < -0.3 is 9.52 Å². The lowest BCUT2D eigenvalue weighted by Crippen LogP contribution is -2.02. The van der Waals surface area contributed by atoms with E-state index in [4.69, 9.17) is 9.52 Å². The normalized spacial score (nSPS) is 10.6. The SMILES string of the molecule is Cc1ocnc1Cn1cc(CC(=O)O)nn1. The molecule has 84 valence electrons. The number of aliphatic carboxylic acids is 1. The van der Waals surface area contributed by atoms with Crippen LogP contribution in [0.25, 0.3) is 0 Å². The number of hydrogen-bond acceptors (Lipinski definition) is 5. The Morgan fingerprint density at radius 3 is 3.06 bits per heavy atom. The summed E-state index contributed by atoms with van der Waals surface area (Å²) in [5, 5.41) is 16.1. The predicted molar refractivity (Wildman–Crippen MR) is 51.7 cm³/mol. The molecular weight excluding hydrogens is 212 g/mol. The summed E-state index contributed by atoms with van der Waals surface area (Å²) in [6.45, 7) is 2.23.